The molecule has 2 N–H and O–H groups in total. The summed E-state index contributed by atoms with van der Waals surface area (Å²) < 4.78 is 9.33. The quantitative estimate of drug-likeness (QED) is 0.823. The van der Waals surface area contributed by atoms with Crippen molar-refractivity contribution in [1.82, 2.24) is 19.6 Å². The van der Waals surface area contributed by atoms with Crippen LogP contribution >= 0.6 is 15.9 Å². The van der Waals surface area contributed by atoms with E-state index in [1.807, 2.05) is 14.0 Å². The molecule has 0 amide bonds. The van der Waals surface area contributed by atoms with Crippen LogP contribution in [0.15, 0.2) is 21.5 Å². The van der Waals surface area contributed by atoms with Crippen LogP contribution in [0.3, 0.4) is 0 Å². The van der Waals surface area contributed by atoms with Crippen LogP contribution in [0.4, 0.5) is 0 Å². The van der Waals surface area contributed by atoms with Gasteiger partial charge in [-0.05, 0) is 22.4 Å². The Morgan fingerprint density at radius 3 is 2.81 bits per heavy atom. The second-order valence-corrected chi connectivity index (χ2v) is 5.30. The smallest absolute Gasteiger partial charge is 0.270 e. The standard InChI is InChI=1S/C13H18BrN5O2/c1-3-10-13(14)11(18(2)17-10)8-19-12(20)6-9(7-16-19)21-5-4-15/h6-7H,3-5,8,15H2,1-2H3. The first kappa shape index (κ1) is 15.7. The van der Waals surface area contributed by atoms with Crippen LogP contribution in [0.1, 0.15) is 18.3 Å². The number of rotatable bonds is 6. The minimum absolute atomic E-state index is 0.226. The maximum Gasteiger partial charge on any atom is 0.270 e. The SMILES string of the molecule is CCc1nn(C)c(Cn2ncc(OCCN)cc2=O)c1Br. The Kier molecular flexibility index (Phi) is 5.13. The second kappa shape index (κ2) is 6.86. The number of aryl methyl sites for hydroxylation is 2. The van der Waals surface area contributed by atoms with Gasteiger partial charge in [-0.1, -0.05) is 6.92 Å². The van der Waals surface area contributed by atoms with Crippen molar-refractivity contribution in [3.63, 3.8) is 0 Å². The zero-order valence-corrected chi connectivity index (χ0v) is 13.6. The Hall–Kier alpha value is -1.67. The Bertz CT molecular complexity index is 680. The first-order valence-corrected chi connectivity index (χ1v) is 7.46. The molecule has 0 fully saturated rings. The van der Waals surface area contributed by atoms with Crippen LogP contribution in [0, 0.1) is 0 Å². The minimum atomic E-state index is -0.226. The van der Waals surface area contributed by atoms with E-state index in [1.54, 1.807) is 4.68 Å². The summed E-state index contributed by atoms with van der Waals surface area (Å²) >= 11 is 3.53. The van der Waals surface area contributed by atoms with Gasteiger partial charge in [-0.15, -0.1) is 0 Å². The Labute approximate surface area is 130 Å². The predicted molar refractivity (Wildman–Crippen MR) is 82.4 cm³/mol. The second-order valence-electron chi connectivity index (χ2n) is 4.51. The number of hydrogen-bond acceptors (Lipinski definition) is 5. The summed E-state index contributed by atoms with van der Waals surface area (Å²) in [6.07, 6.45) is 2.34. The summed E-state index contributed by atoms with van der Waals surface area (Å²) in [6, 6.07) is 1.41. The number of halogens is 1. The lowest BCUT2D eigenvalue weighted by Gasteiger charge is -2.07. The van der Waals surface area contributed by atoms with Crippen LogP contribution in [-0.2, 0) is 20.0 Å². The molecule has 0 saturated heterocycles. The van der Waals surface area contributed by atoms with Gasteiger partial charge in [-0.25, -0.2) is 4.68 Å². The fourth-order valence-electron chi connectivity index (χ4n) is 1.92. The topological polar surface area (TPSA) is 88.0 Å². The van der Waals surface area contributed by atoms with Crippen molar-refractivity contribution >= 4 is 15.9 Å². The van der Waals surface area contributed by atoms with Crippen molar-refractivity contribution < 1.29 is 4.74 Å². The van der Waals surface area contributed by atoms with Crippen molar-refractivity contribution in [2.75, 3.05) is 13.2 Å². The molecule has 7 nitrogen and oxygen atoms in total. The van der Waals surface area contributed by atoms with Crippen molar-refractivity contribution in [2.45, 2.75) is 19.9 Å². The van der Waals surface area contributed by atoms with Gasteiger partial charge in [0.2, 0.25) is 0 Å². The maximum absolute atomic E-state index is 12.1. The van der Waals surface area contributed by atoms with Gasteiger partial charge in [0.1, 0.15) is 12.4 Å². The highest BCUT2D eigenvalue weighted by Crippen LogP contribution is 2.21. The van der Waals surface area contributed by atoms with Crippen LogP contribution in [-0.4, -0.2) is 32.7 Å². The number of nitrogens with two attached hydrogens (primary N) is 1. The zero-order valence-electron chi connectivity index (χ0n) is 12.0. The number of nitrogens with zero attached hydrogens (tertiary/aromatic N) is 4. The van der Waals surface area contributed by atoms with Crippen LogP contribution in [0.2, 0.25) is 0 Å². The van der Waals surface area contributed by atoms with Gasteiger partial charge in [0.25, 0.3) is 5.56 Å². The first-order valence-electron chi connectivity index (χ1n) is 6.67. The highest BCUT2D eigenvalue weighted by Gasteiger charge is 2.14. The molecule has 2 aromatic rings. The van der Waals surface area contributed by atoms with Crippen molar-refractivity contribution in [3.8, 4) is 5.75 Å². The molecule has 114 valence electrons. The fraction of sp³-hybridized carbons (Fsp3) is 0.462. The molecule has 2 aromatic heterocycles. The van der Waals surface area contributed by atoms with Gasteiger partial charge in [0, 0.05) is 19.7 Å². The maximum atomic E-state index is 12.1. The summed E-state index contributed by atoms with van der Waals surface area (Å²) in [5.74, 6) is 0.431. The lowest BCUT2D eigenvalue weighted by Crippen LogP contribution is -2.24. The van der Waals surface area contributed by atoms with E-state index < -0.39 is 0 Å². The summed E-state index contributed by atoms with van der Waals surface area (Å²) in [7, 11) is 1.85. The molecule has 0 spiro atoms. The van der Waals surface area contributed by atoms with E-state index in [9.17, 15) is 4.79 Å². The zero-order chi connectivity index (χ0) is 15.4. The summed E-state index contributed by atoms with van der Waals surface area (Å²) in [4.78, 5) is 12.1. The third-order valence-electron chi connectivity index (χ3n) is 3.03. The normalized spacial score (nSPS) is 10.9. The third kappa shape index (κ3) is 3.51. The van der Waals surface area contributed by atoms with E-state index in [0.717, 1.165) is 22.3 Å². The molecule has 0 aliphatic heterocycles. The largest absolute Gasteiger partial charge is 0.490 e. The average Bonchev–Trinajstić information content (AvgIpc) is 2.74. The Morgan fingerprint density at radius 1 is 1.48 bits per heavy atom. The molecule has 0 unspecified atom stereocenters. The van der Waals surface area contributed by atoms with Crippen LogP contribution in [0.25, 0.3) is 0 Å². The Morgan fingerprint density at radius 2 is 2.24 bits per heavy atom. The molecule has 0 radical (unpaired) electrons. The van der Waals surface area contributed by atoms with E-state index in [4.69, 9.17) is 10.5 Å². The first-order chi connectivity index (χ1) is 10.1. The lowest BCUT2D eigenvalue weighted by atomic mass is 10.3. The summed E-state index contributed by atoms with van der Waals surface area (Å²) in [5, 5.41) is 8.52. The number of aromatic nitrogens is 4. The van der Waals surface area contributed by atoms with E-state index >= 15 is 0 Å². The molecular formula is C13H18BrN5O2. The molecule has 8 heteroatoms. The van der Waals surface area contributed by atoms with Crippen LogP contribution < -0.4 is 16.0 Å². The monoisotopic (exact) mass is 355 g/mol. The molecule has 2 heterocycles. The molecule has 0 bridgehead atoms. The highest BCUT2D eigenvalue weighted by molar-refractivity contribution is 9.10. The molecule has 21 heavy (non-hydrogen) atoms. The minimum Gasteiger partial charge on any atom is -0.490 e. The summed E-state index contributed by atoms with van der Waals surface area (Å²) in [6.45, 7) is 3.13. The fourth-order valence-corrected chi connectivity index (χ4v) is 2.67. The molecule has 0 aliphatic rings. The van der Waals surface area contributed by atoms with E-state index in [0.29, 0.717) is 25.4 Å². The predicted octanol–water partition coefficient (Wildman–Crippen LogP) is 0.688. The molecule has 0 aromatic carbocycles. The Balaban J connectivity index is 2.24. The van der Waals surface area contributed by atoms with Gasteiger partial charge in [0.15, 0.2) is 0 Å². The summed E-state index contributed by atoms with van der Waals surface area (Å²) in [5.41, 5.74) is 6.99. The molecule has 0 aliphatic carbocycles. The molecule has 0 atom stereocenters. The van der Waals surface area contributed by atoms with Crippen molar-refractivity contribution in [1.29, 1.82) is 0 Å². The highest BCUT2D eigenvalue weighted by atomic mass is 79.9. The van der Waals surface area contributed by atoms with E-state index in [1.165, 1.54) is 16.9 Å². The molecule has 0 saturated carbocycles. The van der Waals surface area contributed by atoms with Gasteiger partial charge in [0.05, 0.1) is 28.6 Å². The van der Waals surface area contributed by atoms with Gasteiger partial charge in [-0.3, -0.25) is 9.48 Å². The van der Waals surface area contributed by atoms with Gasteiger partial charge >= 0.3 is 0 Å². The van der Waals surface area contributed by atoms with Gasteiger partial charge in [-0.2, -0.15) is 10.2 Å². The lowest BCUT2D eigenvalue weighted by molar-refractivity contribution is 0.324. The molecular weight excluding hydrogens is 338 g/mol. The van der Waals surface area contributed by atoms with Crippen LogP contribution in [0.5, 0.6) is 5.75 Å². The van der Waals surface area contributed by atoms with E-state index in [-0.39, 0.29) is 5.56 Å². The average molecular weight is 356 g/mol. The molecule has 2 rings (SSSR count). The number of ether oxygens (including phenoxy) is 1. The van der Waals surface area contributed by atoms with Gasteiger partial charge < -0.3 is 10.5 Å². The van der Waals surface area contributed by atoms with Crippen molar-refractivity contribution in [3.05, 3.63) is 38.5 Å². The third-order valence-corrected chi connectivity index (χ3v) is 3.95. The number of hydrogen-bond donors (Lipinski definition) is 1. The van der Waals surface area contributed by atoms with Crippen molar-refractivity contribution in [2.24, 2.45) is 12.8 Å². The van der Waals surface area contributed by atoms with E-state index in [2.05, 4.69) is 26.1 Å².